The van der Waals surface area contributed by atoms with E-state index in [1.54, 1.807) is 4.90 Å². The van der Waals surface area contributed by atoms with Crippen LogP contribution >= 0.6 is 0 Å². The number of amides is 1. The molecule has 5 nitrogen and oxygen atoms in total. The van der Waals surface area contributed by atoms with Crippen LogP contribution in [0.3, 0.4) is 0 Å². The molecule has 0 bridgehead atoms. The Kier molecular flexibility index (Phi) is 4.80. The quantitative estimate of drug-likeness (QED) is 0.691. The lowest BCUT2D eigenvalue weighted by Gasteiger charge is -2.34. The highest BCUT2D eigenvalue weighted by molar-refractivity contribution is 5.94. The van der Waals surface area contributed by atoms with Crippen molar-refractivity contribution in [1.82, 2.24) is 19.4 Å². The smallest absolute Gasteiger partial charge is 0.336 e. The molecule has 1 aliphatic heterocycles. The van der Waals surface area contributed by atoms with Crippen molar-refractivity contribution in [2.75, 3.05) is 26.2 Å². The van der Waals surface area contributed by atoms with E-state index in [1.807, 2.05) is 35.0 Å². The molecule has 0 unspecified atom stereocenters. The number of alkyl halides is 3. The van der Waals surface area contributed by atoms with Crippen molar-refractivity contribution in [3.63, 3.8) is 0 Å². The molecule has 3 aromatic rings. The van der Waals surface area contributed by atoms with Crippen LogP contribution in [0.5, 0.6) is 0 Å². The summed E-state index contributed by atoms with van der Waals surface area (Å²) in [7, 11) is 0. The Morgan fingerprint density at radius 3 is 2.36 bits per heavy atom. The number of hydrogen-bond donors (Lipinski definition) is 0. The minimum atomic E-state index is -4.40. The number of nitrogens with zero attached hydrogens (tertiary/aromatic N) is 4. The number of pyridine rings is 1. The number of carbonyl (C=O) groups is 1. The van der Waals surface area contributed by atoms with E-state index in [0.29, 0.717) is 32.7 Å². The van der Waals surface area contributed by atoms with Crippen LogP contribution in [0.15, 0.2) is 54.7 Å². The zero-order valence-electron chi connectivity index (χ0n) is 15.1. The monoisotopic (exact) mass is 388 g/mol. The Morgan fingerprint density at radius 1 is 1.00 bits per heavy atom. The summed E-state index contributed by atoms with van der Waals surface area (Å²) in [4.78, 5) is 16.5. The molecule has 28 heavy (non-hydrogen) atoms. The first-order chi connectivity index (χ1) is 13.4. The molecule has 146 valence electrons. The summed E-state index contributed by atoms with van der Waals surface area (Å²) >= 11 is 0. The highest BCUT2D eigenvalue weighted by atomic mass is 19.4. The van der Waals surface area contributed by atoms with E-state index in [9.17, 15) is 18.0 Å². The maximum absolute atomic E-state index is 12.7. The van der Waals surface area contributed by atoms with Crippen molar-refractivity contribution in [3.05, 3.63) is 71.5 Å². The van der Waals surface area contributed by atoms with Crippen LogP contribution < -0.4 is 0 Å². The van der Waals surface area contributed by atoms with E-state index in [2.05, 4.69) is 10.00 Å². The standard InChI is InChI=1S/C20H19F3N4O/c21-20(22,23)16-6-4-15(5-7-16)19(28)26-11-9-25(10-12-26)14-17-13-18-3-1-2-8-27(18)24-17/h1-8,13H,9-12,14H2. The SMILES string of the molecule is O=C(c1ccc(C(F)(F)F)cc1)N1CCN(Cc2cc3ccccn3n2)CC1. The molecular weight excluding hydrogens is 369 g/mol. The number of fused-ring (bicyclic) bond motifs is 1. The molecular formula is C20H19F3N4O. The summed E-state index contributed by atoms with van der Waals surface area (Å²) in [5.41, 5.74) is 1.53. The predicted octanol–water partition coefficient (Wildman–Crippen LogP) is 3.31. The number of aromatic nitrogens is 2. The van der Waals surface area contributed by atoms with Gasteiger partial charge in [0.1, 0.15) is 0 Å². The molecule has 0 aliphatic carbocycles. The van der Waals surface area contributed by atoms with E-state index < -0.39 is 11.7 Å². The van der Waals surface area contributed by atoms with Gasteiger partial charge in [-0.05, 0) is 42.5 Å². The fourth-order valence-corrected chi connectivity index (χ4v) is 3.39. The zero-order chi connectivity index (χ0) is 19.7. The fraction of sp³-hybridized carbons (Fsp3) is 0.300. The lowest BCUT2D eigenvalue weighted by Crippen LogP contribution is -2.48. The summed E-state index contributed by atoms with van der Waals surface area (Å²) < 4.78 is 39.8. The second-order valence-corrected chi connectivity index (χ2v) is 6.85. The van der Waals surface area contributed by atoms with E-state index in [0.717, 1.165) is 23.3 Å². The molecule has 1 saturated heterocycles. The Bertz CT molecular complexity index is 940. The van der Waals surface area contributed by atoms with Crippen LogP contribution in [0.4, 0.5) is 13.2 Å². The minimum absolute atomic E-state index is 0.235. The predicted molar refractivity (Wildman–Crippen MR) is 97.8 cm³/mol. The average molecular weight is 388 g/mol. The molecule has 0 radical (unpaired) electrons. The molecule has 4 rings (SSSR count). The Labute approximate surface area is 160 Å². The highest BCUT2D eigenvalue weighted by Crippen LogP contribution is 2.29. The first-order valence-corrected chi connectivity index (χ1v) is 9.02. The van der Waals surface area contributed by atoms with Gasteiger partial charge in [-0.2, -0.15) is 18.3 Å². The van der Waals surface area contributed by atoms with Crippen LogP contribution in [-0.2, 0) is 12.7 Å². The minimum Gasteiger partial charge on any atom is -0.336 e. The second kappa shape index (κ2) is 7.27. The van der Waals surface area contributed by atoms with Gasteiger partial charge in [0.05, 0.1) is 16.8 Å². The van der Waals surface area contributed by atoms with Gasteiger partial charge in [0.2, 0.25) is 0 Å². The molecule has 8 heteroatoms. The summed E-state index contributed by atoms with van der Waals surface area (Å²) in [5.74, 6) is -0.235. The number of carbonyl (C=O) groups excluding carboxylic acids is 1. The van der Waals surface area contributed by atoms with Crippen molar-refractivity contribution in [2.24, 2.45) is 0 Å². The van der Waals surface area contributed by atoms with Crippen molar-refractivity contribution in [2.45, 2.75) is 12.7 Å². The van der Waals surface area contributed by atoms with Crippen LogP contribution in [0.1, 0.15) is 21.6 Å². The molecule has 0 atom stereocenters. The van der Waals surface area contributed by atoms with E-state index in [1.165, 1.54) is 12.1 Å². The van der Waals surface area contributed by atoms with E-state index >= 15 is 0 Å². The van der Waals surface area contributed by atoms with Gasteiger partial charge in [-0.25, -0.2) is 4.52 Å². The number of piperazine rings is 1. The average Bonchev–Trinajstić information content (AvgIpc) is 3.10. The van der Waals surface area contributed by atoms with Gasteiger partial charge >= 0.3 is 6.18 Å². The van der Waals surface area contributed by atoms with E-state index in [-0.39, 0.29) is 11.5 Å². The molecule has 1 aromatic carbocycles. The van der Waals surface area contributed by atoms with Crippen LogP contribution in [0.25, 0.3) is 5.52 Å². The zero-order valence-corrected chi connectivity index (χ0v) is 15.1. The molecule has 0 N–H and O–H groups in total. The third-order valence-electron chi connectivity index (χ3n) is 4.92. The van der Waals surface area contributed by atoms with Crippen LogP contribution in [0, 0.1) is 0 Å². The Morgan fingerprint density at radius 2 is 1.71 bits per heavy atom. The first kappa shape index (κ1) is 18.5. The fourth-order valence-electron chi connectivity index (χ4n) is 3.39. The summed E-state index contributed by atoms with van der Waals surface area (Å²) in [6.45, 7) is 3.16. The van der Waals surface area contributed by atoms with Crippen molar-refractivity contribution >= 4 is 11.4 Å². The van der Waals surface area contributed by atoms with Crippen molar-refractivity contribution < 1.29 is 18.0 Å². The molecule has 1 fully saturated rings. The van der Waals surface area contributed by atoms with Gasteiger partial charge in [-0.3, -0.25) is 9.69 Å². The van der Waals surface area contributed by atoms with Crippen LogP contribution in [-0.4, -0.2) is 51.5 Å². The maximum atomic E-state index is 12.7. The summed E-state index contributed by atoms with van der Waals surface area (Å²) in [6, 6.07) is 12.3. The molecule has 1 aliphatic rings. The maximum Gasteiger partial charge on any atom is 0.416 e. The Balaban J connectivity index is 1.35. The van der Waals surface area contributed by atoms with Crippen LogP contribution in [0.2, 0.25) is 0 Å². The van der Waals surface area contributed by atoms with Gasteiger partial charge < -0.3 is 4.90 Å². The molecule has 0 saturated carbocycles. The van der Waals surface area contributed by atoms with E-state index in [4.69, 9.17) is 0 Å². The summed E-state index contributed by atoms with van der Waals surface area (Å²) in [5, 5.41) is 4.54. The van der Waals surface area contributed by atoms with Gasteiger partial charge in [-0.1, -0.05) is 6.07 Å². The lowest BCUT2D eigenvalue weighted by atomic mass is 10.1. The summed E-state index contributed by atoms with van der Waals surface area (Å²) in [6.07, 6.45) is -2.50. The molecule has 2 aromatic heterocycles. The normalized spacial score (nSPS) is 15.9. The van der Waals surface area contributed by atoms with Gasteiger partial charge in [0.25, 0.3) is 5.91 Å². The van der Waals surface area contributed by atoms with Crippen molar-refractivity contribution in [1.29, 1.82) is 0 Å². The topological polar surface area (TPSA) is 40.9 Å². The Hall–Kier alpha value is -2.87. The van der Waals surface area contributed by atoms with Crippen molar-refractivity contribution in [3.8, 4) is 0 Å². The largest absolute Gasteiger partial charge is 0.416 e. The number of hydrogen-bond acceptors (Lipinski definition) is 3. The van der Waals surface area contributed by atoms with Gasteiger partial charge in [0.15, 0.2) is 0 Å². The second-order valence-electron chi connectivity index (χ2n) is 6.85. The highest BCUT2D eigenvalue weighted by Gasteiger charge is 2.30. The molecule has 3 heterocycles. The number of halogens is 3. The van der Waals surface area contributed by atoms with Gasteiger partial charge in [-0.15, -0.1) is 0 Å². The molecule has 0 spiro atoms. The first-order valence-electron chi connectivity index (χ1n) is 9.02. The third-order valence-corrected chi connectivity index (χ3v) is 4.92. The number of benzene rings is 1. The number of rotatable bonds is 3. The lowest BCUT2D eigenvalue weighted by molar-refractivity contribution is -0.137. The van der Waals surface area contributed by atoms with Gasteiger partial charge in [0, 0.05) is 44.5 Å². The molecule has 1 amide bonds. The third kappa shape index (κ3) is 3.87.